The van der Waals surface area contributed by atoms with Gasteiger partial charge in [-0.25, -0.2) is 0 Å². The number of hydrogen-bond donors (Lipinski definition) is 2. The molecule has 0 aliphatic carbocycles. The summed E-state index contributed by atoms with van der Waals surface area (Å²) < 4.78 is 0. The van der Waals surface area contributed by atoms with Crippen LogP contribution in [-0.4, -0.2) is 16.3 Å². The zero-order chi connectivity index (χ0) is 12.1. The third kappa shape index (κ3) is 3.17. The number of amidine groups is 1. The van der Waals surface area contributed by atoms with E-state index in [9.17, 15) is 0 Å². The van der Waals surface area contributed by atoms with E-state index in [1.54, 1.807) is 11.8 Å². The van der Waals surface area contributed by atoms with Crippen LogP contribution in [0.25, 0.3) is 0 Å². The van der Waals surface area contributed by atoms with Crippen molar-refractivity contribution >= 4 is 17.6 Å². The molecule has 0 fully saturated rings. The summed E-state index contributed by atoms with van der Waals surface area (Å²) in [4.78, 5) is 1.05. The van der Waals surface area contributed by atoms with Crippen molar-refractivity contribution in [1.82, 2.24) is 0 Å². The average Bonchev–Trinajstić information content (AvgIpc) is 2.28. The van der Waals surface area contributed by atoms with E-state index in [1.807, 2.05) is 24.3 Å². The lowest BCUT2D eigenvalue weighted by molar-refractivity contribution is 0.318. The molecule has 16 heavy (non-hydrogen) atoms. The molecular formula is C12H18N2OS. The Balaban J connectivity index is 2.96. The molecule has 0 spiro atoms. The number of nitrogens with zero attached hydrogens (tertiary/aromatic N) is 1. The molecule has 1 aromatic carbocycles. The minimum Gasteiger partial charge on any atom is -0.409 e. The summed E-state index contributed by atoms with van der Waals surface area (Å²) in [6.45, 7) is 6.55. The van der Waals surface area contributed by atoms with Gasteiger partial charge in [0, 0.05) is 15.7 Å². The Labute approximate surface area is 101 Å². The molecule has 4 heteroatoms. The highest BCUT2D eigenvalue weighted by atomic mass is 32.2. The molecule has 0 saturated heterocycles. The zero-order valence-corrected chi connectivity index (χ0v) is 10.7. The molecule has 3 N–H and O–H groups in total. The third-order valence-corrected chi connectivity index (χ3v) is 4.05. The standard InChI is InChI=1S/C12H18N2OS/c1-8(2)9(3)16-11-7-5-4-6-10(11)12(13)14-15/h4-9,15H,1-3H3,(H2,13,14). The van der Waals surface area contributed by atoms with Gasteiger partial charge in [0.1, 0.15) is 0 Å². The van der Waals surface area contributed by atoms with Gasteiger partial charge in [-0.2, -0.15) is 0 Å². The first-order chi connectivity index (χ1) is 7.56. The quantitative estimate of drug-likeness (QED) is 0.279. The number of nitrogens with two attached hydrogens (primary N) is 1. The SMILES string of the molecule is CC(C)C(C)Sc1ccccc1/C(N)=N/O. The van der Waals surface area contributed by atoms with Crippen molar-refractivity contribution in [2.75, 3.05) is 0 Å². The van der Waals surface area contributed by atoms with Gasteiger partial charge < -0.3 is 10.9 Å². The first-order valence-corrected chi connectivity index (χ1v) is 6.17. The molecular weight excluding hydrogens is 220 g/mol. The fraction of sp³-hybridized carbons (Fsp3) is 0.417. The van der Waals surface area contributed by atoms with Crippen LogP contribution < -0.4 is 5.73 Å². The molecule has 0 aromatic heterocycles. The Bertz CT molecular complexity index is 377. The molecule has 0 bridgehead atoms. The Hall–Kier alpha value is -1.16. The largest absolute Gasteiger partial charge is 0.409 e. The summed E-state index contributed by atoms with van der Waals surface area (Å²) >= 11 is 1.75. The predicted octanol–water partition coefficient (Wildman–Crippen LogP) is 2.92. The van der Waals surface area contributed by atoms with E-state index in [2.05, 4.69) is 25.9 Å². The van der Waals surface area contributed by atoms with Crippen molar-refractivity contribution in [2.24, 2.45) is 16.8 Å². The summed E-state index contributed by atoms with van der Waals surface area (Å²) in [6, 6.07) is 7.71. The molecule has 0 aliphatic rings. The molecule has 0 amide bonds. The first-order valence-electron chi connectivity index (χ1n) is 5.29. The van der Waals surface area contributed by atoms with E-state index in [1.165, 1.54) is 0 Å². The zero-order valence-electron chi connectivity index (χ0n) is 9.84. The second-order valence-electron chi connectivity index (χ2n) is 4.05. The van der Waals surface area contributed by atoms with E-state index in [0.717, 1.165) is 10.5 Å². The van der Waals surface area contributed by atoms with Gasteiger partial charge in [0.25, 0.3) is 0 Å². The van der Waals surface area contributed by atoms with Crippen LogP contribution in [0.3, 0.4) is 0 Å². The van der Waals surface area contributed by atoms with Gasteiger partial charge in [0.15, 0.2) is 5.84 Å². The Kier molecular flexibility index (Phi) is 4.68. The second kappa shape index (κ2) is 5.80. The van der Waals surface area contributed by atoms with Crippen LogP contribution in [0.15, 0.2) is 34.3 Å². The number of hydrogen-bond acceptors (Lipinski definition) is 3. The highest BCUT2D eigenvalue weighted by Gasteiger charge is 2.13. The number of benzene rings is 1. The second-order valence-corrected chi connectivity index (χ2v) is 5.47. The molecule has 1 aromatic rings. The van der Waals surface area contributed by atoms with Crippen LogP contribution in [0.2, 0.25) is 0 Å². The summed E-state index contributed by atoms with van der Waals surface area (Å²) in [7, 11) is 0. The number of oxime groups is 1. The van der Waals surface area contributed by atoms with Gasteiger partial charge in [-0.1, -0.05) is 44.1 Å². The van der Waals surface area contributed by atoms with E-state index >= 15 is 0 Å². The van der Waals surface area contributed by atoms with Gasteiger partial charge in [0.2, 0.25) is 0 Å². The lowest BCUT2D eigenvalue weighted by Crippen LogP contribution is -2.15. The molecule has 3 nitrogen and oxygen atoms in total. The molecule has 0 radical (unpaired) electrons. The average molecular weight is 238 g/mol. The van der Waals surface area contributed by atoms with Gasteiger partial charge in [-0.05, 0) is 12.0 Å². The van der Waals surface area contributed by atoms with Crippen molar-refractivity contribution in [2.45, 2.75) is 30.9 Å². The van der Waals surface area contributed by atoms with Crippen molar-refractivity contribution in [3.63, 3.8) is 0 Å². The van der Waals surface area contributed by atoms with Crippen LogP contribution in [-0.2, 0) is 0 Å². The fourth-order valence-electron chi connectivity index (χ4n) is 1.17. The van der Waals surface area contributed by atoms with Crippen LogP contribution in [0.1, 0.15) is 26.3 Å². The maximum absolute atomic E-state index is 8.71. The van der Waals surface area contributed by atoms with Gasteiger partial charge in [-0.15, -0.1) is 11.8 Å². The van der Waals surface area contributed by atoms with Crippen molar-refractivity contribution in [1.29, 1.82) is 0 Å². The molecule has 0 saturated carbocycles. The molecule has 1 rings (SSSR count). The molecule has 0 heterocycles. The Morgan fingerprint density at radius 2 is 1.94 bits per heavy atom. The fourth-order valence-corrected chi connectivity index (χ4v) is 2.30. The number of rotatable bonds is 4. The predicted molar refractivity (Wildman–Crippen MR) is 69.1 cm³/mol. The van der Waals surface area contributed by atoms with Gasteiger partial charge in [-0.3, -0.25) is 0 Å². The van der Waals surface area contributed by atoms with Crippen LogP contribution in [0.5, 0.6) is 0 Å². The molecule has 88 valence electrons. The highest BCUT2D eigenvalue weighted by Crippen LogP contribution is 2.30. The molecule has 1 unspecified atom stereocenters. The number of thioether (sulfide) groups is 1. The summed E-state index contributed by atoms with van der Waals surface area (Å²) in [5.41, 5.74) is 6.43. The lowest BCUT2D eigenvalue weighted by atomic mass is 10.2. The monoisotopic (exact) mass is 238 g/mol. The Morgan fingerprint density at radius 3 is 2.50 bits per heavy atom. The smallest absolute Gasteiger partial charge is 0.171 e. The van der Waals surface area contributed by atoms with Crippen LogP contribution in [0, 0.1) is 5.92 Å². The highest BCUT2D eigenvalue weighted by molar-refractivity contribution is 8.00. The normalized spacial score (nSPS) is 14.1. The third-order valence-electron chi connectivity index (χ3n) is 2.52. The van der Waals surface area contributed by atoms with Crippen LogP contribution in [0.4, 0.5) is 0 Å². The van der Waals surface area contributed by atoms with E-state index in [0.29, 0.717) is 11.2 Å². The van der Waals surface area contributed by atoms with Crippen molar-refractivity contribution in [3.8, 4) is 0 Å². The van der Waals surface area contributed by atoms with E-state index < -0.39 is 0 Å². The lowest BCUT2D eigenvalue weighted by Gasteiger charge is -2.16. The van der Waals surface area contributed by atoms with Gasteiger partial charge in [0.05, 0.1) is 0 Å². The van der Waals surface area contributed by atoms with Crippen molar-refractivity contribution in [3.05, 3.63) is 29.8 Å². The van der Waals surface area contributed by atoms with Crippen LogP contribution >= 0.6 is 11.8 Å². The van der Waals surface area contributed by atoms with Gasteiger partial charge >= 0.3 is 0 Å². The summed E-state index contributed by atoms with van der Waals surface area (Å²) in [5.74, 6) is 0.754. The van der Waals surface area contributed by atoms with E-state index in [4.69, 9.17) is 10.9 Å². The maximum atomic E-state index is 8.71. The van der Waals surface area contributed by atoms with E-state index in [-0.39, 0.29) is 5.84 Å². The van der Waals surface area contributed by atoms with Crippen molar-refractivity contribution < 1.29 is 5.21 Å². The molecule has 1 atom stereocenters. The summed E-state index contributed by atoms with van der Waals surface area (Å²) in [6.07, 6.45) is 0. The maximum Gasteiger partial charge on any atom is 0.171 e. The first kappa shape index (κ1) is 12.9. The topological polar surface area (TPSA) is 58.6 Å². The summed E-state index contributed by atoms with van der Waals surface area (Å²) in [5, 5.41) is 12.3. The Morgan fingerprint density at radius 1 is 1.31 bits per heavy atom. The molecule has 0 aliphatic heterocycles. The minimum atomic E-state index is 0.166. The minimum absolute atomic E-state index is 0.166.